The first-order chi connectivity index (χ1) is 6.27. The van der Waals surface area contributed by atoms with Crippen LogP contribution >= 0.6 is 11.6 Å². The van der Waals surface area contributed by atoms with Crippen molar-refractivity contribution in [2.45, 2.75) is 6.23 Å². The summed E-state index contributed by atoms with van der Waals surface area (Å²) in [6, 6.07) is 7.24. The highest BCUT2D eigenvalue weighted by Gasteiger charge is 2.16. The molecule has 1 heterocycles. The summed E-state index contributed by atoms with van der Waals surface area (Å²) >= 11 is 5.74. The lowest BCUT2D eigenvalue weighted by Gasteiger charge is -2.22. The van der Waals surface area contributed by atoms with E-state index in [1.165, 1.54) is 0 Å². The summed E-state index contributed by atoms with van der Waals surface area (Å²) in [5.41, 5.74) is 3.78. The minimum absolute atomic E-state index is 0.610. The van der Waals surface area contributed by atoms with Crippen molar-refractivity contribution < 1.29 is 5.11 Å². The van der Waals surface area contributed by atoms with Gasteiger partial charge >= 0.3 is 0 Å². The van der Waals surface area contributed by atoms with Crippen LogP contribution in [0.3, 0.4) is 0 Å². The summed E-state index contributed by atoms with van der Waals surface area (Å²) in [5, 5.41) is 11.8. The zero-order chi connectivity index (χ0) is 9.26. The van der Waals surface area contributed by atoms with Gasteiger partial charge in [-0.3, -0.25) is 5.01 Å². The lowest BCUT2D eigenvalue weighted by atomic mass is 10.3. The maximum absolute atomic E-state index is 9.46. The van der Waals surface area contributed by atoms with Gasteiger partial charge in [-0.1, -0.05) is 11.6 Å². The minimum atomic E-state index is -0.610. The van der Waals surface area contributed by atoms with E-state index in [1.807, 2.05) is 12.1 Å². The van der Waals surface area contributed by atoms with Crippen LogP contribution in [0.4, 0.5) is 5.69 Å². The van der Waals surface area contributed by atoms with Gasteiger partial charge < -0.3 is 10.5 Å². The number of aliphatic hydroxyl groups is 1. The number of hydrogen-bond acceptors (Lipinski definition) is 3. The van der Waals surface area contributed by atoms with E-state index in [4.69, 9.17) is 11.6 Å². The molecule has 1 aliphatic heterocycles. The smallest absolute Gasteiger partial charge is 0.166 e. The molecule has 2 N–H and O–H groups in total. The van der Waals surface area contributed by atoms with Crippen LogP contribution in [-0.4, -0.2) is 11.3 Å². The summed E-state index contributed by atoms with van der Waals surface area (Å²) in [6.07, 6.45) is 2.75. The third-order valence-corrected chi connectivity index (χ3v) is 2.10. The van der Waals surface area contributed by atoms with E-state index in [2.05, 4.69) is 5.43 Å². The molecule has 0 saturated carbocycles. The Labute approximate surface area is 81.2 Å². The molecule has 0 spiro atoms. The van der Waals surface area contributed by atoms with E-state index in [9.17, 15) is 5.11 Å². The fraction of sp³-hybridized carbons (Fsp3) is 0.111. The van der Waals surface area contributed by atoms with Crippen LogP contribution in [0.2, 0.25) is 5.02 Å². The second-order valence-corrected chi connectivity index (χ2v) is 3.18. The lowest BCUT2D eigenvalue weighted by Crippen LogP contribution is -2.37. The Morgan fingerprint density at radius 1 is 1.31 bits per heavy atom. The zero-order valence-electron chi connectivity index (χ0n) is 6.81. The first kappa shape index (κ1) is 8.41. The van der Waals surface area contributed by atoms with Crippen molar-refractivity contribution in [3.8, 4) is 0 Å². The average Bonchev–Trinajstić information content (AvgIpc) is 2.53. The first-order valence-corrected chi connectivity index (χ1v) is 4.31. The number of aliphatic hydroxyl groups excluding tert-OH is 1. The fourth-order valence-corrected chi connectivity index (χ4v) is 1.33. The molecule has 0 radical (unpaired) electrons. The highest BCUT2D eigenvalue weighted by atomic mass is 35.5. The third kappa shape index (κ3) is 1.61. The van der Waals surface area contributed by atoms with Crippen LogP contribution in [0.25, 0.3) is 0 Å². The molecule has 0 aromatic heterocycles. The Bertz CT molecular complexity index is 323. The second kappa shape index (κ2) is 3.28. The van der Waals surface area contributed by atoms with Crippen molar-refractivity contribution in [1.82, 2.24) is 5.43 Å². The monoisotopic (exact) mass is 196 g/mol. The average molecular weight is 197 g/mol. The molecule has 0 fully saturated rings. The topological polar surface area (TPSA) is 35.5 Å². The van der Waals surface area contributed by atoms with Gasteiger partial charge in [0, 0.05) is 11.2 Å². The van der Waals surface area contributed by atoms with Crippen LogP contribution in [0.5, 0.6) is 0 Å². The number of hydrogen-bond donors (Lipinski definition) is 2. The standard InChI is InChI=1S/C9H9ClN2O/c10-7-1-3-8(4-2-7)12-9(13)5-6-11-12/h1-6,9,11,13H. The number of hydrazine groups is 1. The predicted molar refractivity (Wildman–Crippen MR) is 52.2 cm³/mol. The Hall–Kier alpha value is -1.19. The molecular weight excluding hydrogens is 188 g/mol. The fourth-order valence-electron chi connectivity index (χ4n) is 1.20. The predicted octanol–water partition coefficient (Wildman–Crippen LogP) is 1.50. The number of nitrogens with one attached hydrogen (secondary N) is 1. The van der Waals surface area contributed by atoms with Gasteiger partial charge in [-0.2, -0.15) is 0 Å². The number of halogens is 1. The zero-order valence-corrected chi connectivity index (χ0v) is 7.57. The molecule has 0 aliphatic carbocycles. The van der Waals surface area contributed by atoms with Gasteiger partial charge in [0.25, 0.3) is 0 Å². The number of nitrogens with zero attached hydrogens (tertiary/aromatic N) is 1. The largest absolute Gasteiger partial charge is 0.368 e. The highest BCUT2D eigenvalue weighted by Crippen LogP contribution is 2.19. The van der Waals surface area contributed by atoms with Gasteiger partial charge in [0.15, 0.2) is 6.23 Å². The summed E-state index contributed by atoms with van der Waals surface area (Å²) < 4.78 is 0. The van der Waals surface area contributed by atoms with Crippen molar-refractivity contribution in [2.75, 3.05) is 5.01 Å². The lowest BCUT2D eigenvalue weighted by molar-refractivity contribution is 0.218. The summed E-state index contributed by atoms with van der Waals surface area (Å²) in [7, 11) is 0. The molecule has 4 heteroatoms. The maximum Gasteiger partial charge on any atom is 0.166 e. The van der Waals surface area contributed by atoms with E-state index in [0.29, 0.717) is 5.02 Å². The van der Waals surface area contributed by atoms with Gasteiger partial charge in [0.05, 0.1) is 5.69 Å². The van der Waals surface area contributed by atoms with Gasteiger partial charge in [0.2, 0.25) is 0 Å². The Morgan fingerprint density at radius 3 is 2.54 bits per heavy atom. The van der Waals surface area contributed by atoms with Crippen molar-refractivity contribution in [3.05, 3.63) is 41.6 Å². The molecule has 0 bridgehead atoms. The molecule has 13 heavy (non-hydrogen) atoms. The van der Waals surface area contributed by atoms with E-state index in [0.717, 1.165) is 5.69 Å². The third-order valence-electron chi connectivity index (χ3n) is 1.85. The Morgan fingerprint density at radius 2 is 2.00 bits per heavy atom. The van der Waals surface area contributed by atoms with Gasteiger partial charge in [-0.25, -0.2) is 0 Å². The molecule has 1 aromatic carbocycles. The Kier molecular flexibility index (Phi) is 2.12. The van der Waals surface area contributed by atoms with Gasteiger partial charge in [0.1, 0.15) is 0 Å². The minimum Gasteiger partial charge on any atom is -0.368 e. The summed E-state index contributed by atoms with van der Waals surface area (Å²) in [6.45, 7) is 0. The van der Waals surface area contributed by atoms with Crippen LogP contribution < -0.4 is 10.4 Å². The van der Waals surface area contributed by atoms with Crippen molar-refractivity contribution in [1.29, 1.82) is 0 Å². The van der Waals surface area contributed by atoms with Crippen LogP contribution in [0, 0.1) is 0 Å². The molecular formula is C9H9ClN2O. The normalized spacial score (nSPS) is 20.5. The summed E-state index contributed by atoms with van der Waals surface area (Å²) in [4.78, 5) is 0. The van der Waals surface area contributed by atoms with Crippen molar-refractivity contribution >= 4 is 17.3 Å². The molecule has 2 rings (SSSR count). The molecule has 68 valence electrons. The molecule has 0 saturated heterocycles. The highest BCUT2D eigenvalue weighted by molar-refractivity contribution is 6.30. The van der Waals surface area contributed by atoms with E-state index >= 15 is 0 Å². The van der Waals surface area contributed by atoms with Crippen molar-refractivity contribution in [3.63, 3.8) is 0 Å². The quantitative estimate of drug-likeness (QED) is 0.715. The van der Waals surface area contributed by atoms with Crippen LogP contribution in [0.1, 0.15) is 0 Å². The second-order valence-electron chi connectivity index (χ2n) is 2.75. The van der Waals surface area contributed by atoms with Gasteiger partial charge in [-0.15, -0.1) is 0 Å². The number of anilines is 1. The molecule has 1 atom stereocenters. The molecule has 1 aliphatic rings. The van der Waals surface area contributed by atoms with E-state index in [1.54, 1.807) is 29.4 Å². The maximum atomic E-state index is 9.46. The molecule has 3 nitrogen and oxygen atoms in total. The number of rotatable bonds is 1. The van der Waals surface area contributed by atoms with E-state index < -0.39 is 6.23 Å². The SMILES string of the molecule is OC1C=CNN1c1ccc(Cl)cc1. The number of benzene rings is 1. The molecule has 0 amide bonds. The first-order valence-electron chi connectivity index (χ1n) is 3.93. The van der Waals surface area contributed by atoms with E-state index in [-0.39, 0.29) is 0 Å². The molecule has 1 unspecified atom stereocenters. The van der Waals surface area contributed by atoms with Crippen molar-refractivity contribution in [2.24, 2.45) is 0 Å². The van der Waals surface area contributed by atoms with Crippen LogP contribution in [0.15, 0.2) is 36.5 Å². The van der Waals surface area contributed by atoms with Gasteiger partial charge in [-0.05, 0) is 30.3 Å². The Balaban J connectivity index is 2.21. The molecule has 1 aromatic rings. The van der Waals surface area contributed by atoms with Crippen LogP contribution in [-0.2, 0) is 0 Å². The summed E-state index contributed by atoms with van der Waals surface area (Å²) in [5.74, 6) is 0.